The van der Waals surface area contributed by atoms with Gasteiger partial charge in [-0.1, -0.05) is 53.0 Å². The number of phenolic OH excluding ortho intramolecular Hbond substituents is 1. The summed E-state index contributed by atoms with van der Waals surface area (Å²) in [5.74, 6) is 0.592. The van der Waals surface area contributed by atoms with E-state index in [4.69, 9.17) is 45.3 Å². The molecular formula is C23H16Cl3N3O2. The van der Waals surface area contributed by atoms with Crippen molar-refractivity contribution in [1.29, 1.82) is 0 Å². The molecule has 1 heterocycles. The van der Waals surface area contributed by atoms with E-state index < -0.39 is 0 Å². The highest BCUT2D eigenvalue weighted by atomic mass is 35.5. The van der Waals surface area contributed by atoms with Gasteiger partial charge in [0.25, 0.3) is 0 Å². The number of phenols is 1. The predicted molar refractivity (Wildman–Crippen MR) is 125 cm³/mol. The fraction of sp³-hybridized carbons (Fsp3) is 0.0435. The second kappa shape index (κ2) is 9.02. The Labute approximate surface area is 194 Å². The summed E-state index contributed by atoms with van der Waals surface area (Å²) >= 11 is 18.0. The summed E-state index contributed by atoms with van der Waals surface area (Å²) in [5, 5.41) is 12.2. The van der Waals surface area contributed by atoms with E-state index in [0.29, 0.717) is 37.6 Å². The first-order valence-electron chi connectivity index (χ1n) is 9.19. The molecule has 1 aromatic heterocycles. The van der Waals surface area contributed by atoms with Crippen LogP contribution in [0.5, 0.6) is 11.5 Å². The Kier molecular flexibility index (Phi) is 6.18. The van der Waals surface area contributed by atoms with Crippen LogP contribution in [0.2, 0.25) is 15.1 Å². The molecular weight excluding hydrogens is 457 g/mol. The normalized spacial score (nSPS) is 10.8. The van der Waals surface area contributed by atoms with Crippen molar-refractivity contribution >= 4 is 40.8 Å². The lowest BCUT2D eigenvalue weighted by atomic mass is 10.00. The largest absolute Gasteiger partial charge is 0.507 e. The summed E-state index contributed by atoms with van der Waals surface area (Å²) < 4.78 is 5.78. The summed E-state index contributed by atoms with van der Waals surface area (Å²) in [4.78, 5) is 8.44. The Morgan fingerprint density at radius 2 is 1.65 bits per heavy atom. The predicted octanol–water partition coefficient (Wildman–Crippen LogP) is 6.64. The Hall–Kier alpha value is -2.99. The van der Waals surface area contributed by atoms with E-state index in [1.165, 1.54) is 6.07 Å². The maximum absolute atomic E-state index is 10.7. The van der Waals surface area contributed by atoms with Gasteiger partial charge in [-0.25, -0.2) is 9.97 Å². The van der Waals surface area contributed by atoms with E-state index >= 15 is 0 Å². The number of aromatic hydroxyl groups is 1. The van der Waals surface area contributed by atoms with Crippen molar-refractivity contribution in [2.45, 2.75) is 6.61 Å². The van der Waals surface area contributed by atoms with Gasteiger partial charge in [-0.05, 0) is 47.5 Å². The number of aromatic nitrogens is 2. The van der Waals surface area contributed by atoms with Gasteiger partial charge in [-0.3, -0.25) is 0 Å². The highest BCUT2D eigenvalue weighted by Crippen LogP contribution is 2.37. The van der Waals surface area contributed by atoms with Gasteiger partial charge in [-0.2, -0.15) is 0 Å². The zero-order chi connectivity index (χ0) is 22.0. The van der Waals surface area contributed by atoms with Gasteiger partial charge in [0.15, 0.2) is 0 Å². The number of nitrogen functional groups attached to an aromatic ring is 1. The summed E-state index contributed by atoms with van der Waals surface area (Å²) in [7, 11) is 0. The molecule has 156 valence electrons. The molecule has 0 saturated carbocycles. The van der Waals surface area contributed by atoms with Gasteiger partial charge >= 0.3 is 0 Å². The van der Waals surface area contributed by atoms with E-state index in [-0.39, 0.29) is 18.3 Å². The average Bonchev–Trinajstić information content (AvgIpc) is 2.75. The Morgan fingerprint density at radius 3 is 2.35 bits per heavy atom. The number of nitrogens with two attached hydrogens (primary N) is 1. The van der Waals surface area contributed by atoms with Crippen molar-refractivity contribution in [2.24, 2.45) is 0 Å². The Balaban J connectivity index is 1.63. The van der Waals surface area contributed by atoms with Gasteiger partial charge in [0, 0.05) is 28.4 Å². The number of nitrogens with zero attached hydrogens (tertiary/aromatic N) is 2. The fourth-order valence-electron chi connectivity index (χ4n) is 3.04. The molecule has 0 aliphatic rings. The molecule has 4 aromatic rings. The number of halogens is 3. The van der Waals surface area contributed by atoms with E-state index in [0.717, 1.165) is 11.1 Å². The molecule has 8 heteroatoms. The van der Waals surface area contributed by atoms with E-state index in [1.54, 1.807) is 42.6 Å². The van der Waals surface area contributed by atoms with Crippen LogP contribution in [0.4, 0.5) is 5.95 Å². The van der Waals surface area contributed by atoms with Crippen LogP contribution < -0.4 is 10.5 Å². The number of hydrogen-bond acceptors (Lipinski definition) is 5. The minimum absolute atomic E-state index is 0.0000444. The SMILES string of the molecule is Nc1ncc(-c2ccc(Cl)cc2)c(-c2ccc(OCc3ccc(Cl)c(Cl)c3)cc2O)n1. The Morgan fingerprint density at radius 1 is 0.871 bits per heavy atom. The van der Waals surface area contributed by atoms with Gasteiger partial charge in [0.05, 0.1) is 15.7 Å². The number of rotatable bonds is 5. The zero-order valence-corrected chi connectivity index (χ0v) is 18.3. The first-order chi connectivity index (χ1) is 14.9. The van der Waals surface area contributed by atoms with Crippen molar-refractivity contribution in [3.63, 3.8) is 0 Å². The van der Waals surface area contributed by atoms with E-state index in [2.05, 4.69) is 9.97 Å². The minimum Gasteiger partial charge on any atom is -0.507 e. The fourth-order valence-corrected chi connectivity index (χ4v) is 3.49. The third-order valence-corrected chi connectivity index (χ3v) is 5.57. The molecule has 3 aromatic carbocycles. The third-order valence-electron chi connectivity index (χ3n) is 4.58. The van der Waals surface area contributed by atoms with E-state index in [9.17, 15) is 5.11 Å². The number of ether oxygens (including phenoxy) is 1. The second-order valence-electron chi connectivity index (χ2n) is 6.71. The molecule has 0 unspecified atom stereocenters. The molecule has 0 aliphatic heterocycles. The van der Waals surface area contributed by atoms with Crippen molar-refractivity contribution < 1.29 is 9.84 Å². The zero-order valence-electron chi connectivity index (χ0n) is 16.0. The number of benzene rings is 3. The average molecular weight is 473 g/mol. The molecule has 0 spiro atoms. The molecule has 31 heavy (non-hydrogen) atoms. The smallest absolute Gasteiger partial charge is 0.220 e. The van der Waals surface area contributed by atoms with Crippen LogP contribution in [-0.2, 0) is 6.61 Å². The van der Waals surface area contributed by atoms with Crippen molar-refractivity contribution in [1.82, 2.24) is 9.97 Å². The molecule has 3 N–H and O–H groups in total. The van der Waals surface area contributed by atoms with Crippen LogP contribution >= 0.6 is 34.8 Å². The topological polar surface area (TPSA) is 81.3 Å². The second-order valence-corrected chi connectivity index (χ2v) is 7.96. The maximum atomic E-state index is 10.7. The van der Waals surface area contributed by atoms with Crippen LogP contribution in [0.3, 0.4) is 0 Å². The van der Waals surface area contributed by atoms with Crippen LogP contribution in [0.25, 0.3) is 22.4 Å². The summed E-state index contributed by atoms with van der Waals surface area (Å²) in [6.07, 6.45) is 1.62. The number of anilines is 1. The molecule has 0 aliphatic carbocycles. The summed E-state index contributed by atoms with van der Waals surface area (Å²) in [6.45, 7) is 0.270. The van der Waals surface area contributed by atoms with Crippen molar-refractivity contribution in [2.75, 3.05) is 5.73 Å². The van der Waals surface area contributed by atoms with Gasteiger partial charge in [0.2, 0.25) is 5.95 Å². The molecule has 0 fully saturated rings. The molecule has 0 atom stereocenters. The first kappa shape index (κ1) is 21.2. The monoisotopic (exact) mass is 471 g/mol. The molecule has 0 saturated heterocycles. The van der Waals surface area contributed by atoms with Crippen molar-refractivity contribution in [3.8, 4) is 33.9 Å². The van der Waals surface area contributed by atoms with Crippen LogP contribution in [0.1, 0.15) is 5.56 Å². The number of hydrogen-bond donors (Lipinski definition) is 2. The highest BCUT2D eigenvalue weighted by molar-refractivity contribution is 6.42. The molecule has 5 nitrogen and oxygen atoms in total. The van der Waals surface area contributed by atoms with Crippen LogP contribution in [0, 0.1) is 0 Å². The van der Waals surface area contributed by atoms with Gasteiger partial charge < -0.3 is 15.6 Å². The van der Waals surface area contributed by atoms with Crippen LogP contribution in [-0.4, -0.2) is 15.1 Å². The standard InChI is InChI=1S/C23H16Cl3N3O2/c24-15-4-2-14(3-5-15)18-11-28-23(27)29-22(18)17-7-6-16(10-21(17)30)31-12-13-1-8-19(25)20(26)9-13/h1-11,30H,12H2,(H2,27,28,29). The molecule has 0 amide bonds. The third kappa shape index (κ3) is 4.85. The lowest BCUT2D eigenvalue weighted by molar-refractivity contribution is 0.304. The maximum Gasteiger partial charge on any atom is 0.220 e. The summed E-state index contributed by atoms with van der Waals surface area (Å²) in [6, 6.07) is 17.5. The molecule has 0 bridgehead atoms. The lowest BCUT2D eigenvalue weighted by Crippen LogP contribution is -1.99. The summed E-state index contributed by atoms with van der Waals surface area (Å²) in [5.41, 5.74) is 9.23. The lowest BCUT2D eigenvalue weighted by Gasteiger charge is -2.13. The van der Waals surface area contributed by atoms with Crippen molar-refractivity contribution in [3.05, 3.63) is 87.5 Å². The molecule has 4 rings (SSSR count). The quantitative estimate of drug-likeness (QED) is 0.340. The molecule has 0 radical (unpaired) electrons. The highest BCUT2D eigenvalue weighted by Gasteiger charge is 2.15. The van der Waals surface area contributed by atoms with Crippen LogP contribution in [0.15, 0.2) is 66.9 Å². The first-order valence-corrected chi connectivity index (χ1v) is 10.3. The van der Waals surface area contributed by atoms with Gasteiger partial charge in [-0.15, -0.1) is 0 Å². The Bertz CT molecular complexity index is 1250. The van der Waals surface area contributed by atoms with Gasteiger partial charge in [0.1, 0.15) is 18.1 Å². The minimum atomic E-state index is -0.0000444. The van der Waals surface area contributed by atoms with E-state index in [1.807, 2.05) is 18.2 Å².